The highest BCUT2D eigenvalue weighted by molar-refractivity contribution is 5.40. The predicted molar refractivity (Wildman–Crippen MR) is 79.2 cm³/mol. The topological polar surface area (TPSA) is 67.1 Å². The van der Waals surface area contributed by atoms with Gasteiger partial charge in [0, 0.05) is 23.8 Å². The third kappa shape index (κ3) is 3.35. The van der Waals surface area contributed by atoms with Gasteiger partial charge in [-0.1, -0.05) is 19.3 Å². The molecule has 0 amide bonds. The van der Waals surface area contributed by atoms with Crippen LogP contribution >= 0.6 is 0 Å². The maximum absolute atomic E-state index is 5.69. The molecule has 1 aromatic rings. The van der Waals surface area contributed by atoms with Crippen LogP contribution in [0.4, 0.5) is 11.8 Å². The first-order valence-corrected chi connectivity index (χ1v) is 7.04. The van der Waals surface area contributed by atoms with Crippen molar-refractivity contribution in [3.8, 4) is 0 Å². The predicted octanol–water partition coefficient (Wildman–Crippen LogP) is 2.04. The Kier molecular flexibility index (Phi) is 4.24. The number of anilines is 2. The average Bonchev–Trinajstić information content (AvgIpc) is 2.36. The summed E-state index contributed by atoms with van der Waals surface area (Å²) in [6.45, 7) is 2.85. The number of aryl methyl sites for hydroxylation is 1. The molecule has 0 aromatic carbocycles. The zero-order chi connectivity index (χ0) is 13.9. The van der Waals surface area contributed by atoms with E-state index in [1.807, 2.05) is 13.0 Å². The minimum absolute atomic E-state index is 0.242. The number of nitrogens with zero attached hydrogens (tertiary/aromatic N) is 3. The van der Waals surface area contributed by atoms with Crippen molar-refractivity contribution in [3.63, 3.8) is 0 Å². The Bertz CT molecular complexity index is 404. The molecule has 0 aliphatic heterocycles. The number of nitrogens with two attached hydrogens (primary N) is 1. The van der Waals surface area contributed by atoms with Gasteiger partial charge in [-0.25, -0.2) is 4.98 Å². The van der Waals surface area contributed by atoms with Gasteiger partial charge in [-0.15, -0.1) is 0 Å². The average molecular weight is 263 g/mol. The van der Waals surface area contributed by atoms with Crippen molar-refractivity contribution in [2.75, 3.05) is 31.7 Å². The van der Waals surface area contributed by atoms with E-state index in [1.54, 1.807) is 0 Å². The van der Waals surface area contributed by atoms with Crippen molar-refractivity contribution < 1.29 is 0 Å². The highest BCUT2D eigenvalue weighted by atomic mass is 15.2. The van der Waals surface area contributed by atoms with Gasteiger partial charge in [0.2, 0.25) is 5.95 Å². The number of nitrogens with one attached hydrogen (secondary N) is 1. The fourth-order valence-electron chi connectivity index (χ4n) is 2.93. The van der Waals surface area contributed by atoms with Gasteiger partial charge >= 0.3 is 0 Å². The molecule has 0 bridgehead atoms. The normalized spacial score (nSPS) is 18.5. The van der Waals surface area contributed by atoms with Crippen molar-refractivity contribution >= 4 is 11.8 Å². The lowest BCUT2D eigenvalue weighted by molar-refractivity contribution is 0.113. The van der Waals surface area contributed by atoms with E-state index < -0.39 is 0 Å². The van der Waals surface area contributed by atoms with E-state index in [0.717, 1.165) is 18.1 Å². The highest BCUT2D eigenvalue weighted by Crippen LogP contribution is 2.32. The Morgan fingerprint density at radius 2 is 1.95 bits per heavy atom. The molecule has 0 saturated heterocycles. The second-order valence-corrected chi connectivity index (χ2v) is 5.79. The summed E-state index contributed by atoms with van der Waals surface area (Å²) in [6.07, 6.45) is 6.46. The third-order valence-electron chi connectivity index (χ3n) is 4.20. The summed E-state index contributed by atoms with van der Waals surface area (Å²) in [6, 6.07) is 1.95. The van der Waals surface area contributed by atoms with Crippen LogP contribution < -0.4 is 11.1 Å². The molecule has 0 unspecified atom stereocenters. The summed E-state index contributed by atoms with van der Waals surface area (Å²) >= 11 is 0. The smallest absolute Gasteiger partial charge is 0.222 e. The maximum Gasteiger partial charge on any atom is 0.222 e. The largest absolute Gasteiger partial charge is 0.368 e. The third-order valence-corrected chi connectivity index (χ3v) is 4.20. The second-order valence-electron chi connectivity index (χ2n) is 5.79. The van der Waals surface area contributed by atoms with Crippen LogP contribution in [0.25, 0.3) is 0 Å². The minimum atomic E-state index is 0.242. The van der Waals surface area contributed by atoms with Gasteiger partial charge in [0.1, 0.15) is 5.82 Å². The lowest BCUT2D eigenvalue weighted by atomic mass is 9.80. The van der Waals surface area contributed by atoms with Crippen LogP contribution in [0.15, 0.2) is 6.07 Å². The molecule has 0 atom stereocenters. The first kappa shape index (κ1) is 14.1. The van der Waals surface area contributed by atoms with E-state index in [2.05, 4.69) is 34.3 Å². The van der Waals surface area contributed by atoms with E-state index in [-0.39, 0.29) is 5.54 Å². The number of nitrogen functional groups attached to an aromatic ring is 1. The lowest BCUT2D eigenvalue weighted by Crippen LogP contribution is -2.51. The molecule has 3 N–H and O–H groups in total. The van der Waals surface area contributed by atoms with Crippen molar-refractivity contribution in [1.82, 2.24) is 14.9 Å². The molecule has 5 nitrogen and oxygen atoms in total. The Morgan fingerprint density at radius 3 is 2.53 bits per heavy atom. The van der Waals surface area contributed by atoms with Gasteiger partial charge in [-0.05, 0) is 33.9 Å². The van der Waals surface area contributed by atoms with Crippen molar-refractivity contribution in [3.05, 3.63) is 11.8 Å². The molecule has 1 aliphatic rings. The molecule has 106 valence electrons. The van der Waals surface area contributed by atoms with Crippen molar-refractivity contribution in [1.29, 1.82) is 0 Å². The van der Waals surface area contributed by atoms with Gasteiger partial charge in [0.25, 0.3) is 0 Å². The number of hydrogen-bond acceptors (Lipinski definition) is 5. The van der Waals surface area contributed by atoms with Crippen LogP contribution in [0.1, 0.15) is 37.8 Å². The van der Waals surface area contributed by atoms with Crippen LogP contribution in [-0.4, -0.2) is 41.0 Å². The molecule has 1 aliphatic carbocycles. The summed E-state index contributed by atoms with van der Waals surface area (Å²) in [5.41, 5.74) is 6.83. The Morgan fingerprint density at radius 1 is 1.26 bits per heavy atom. The number of hydrogen-bond donors (Lipinski definition) is 2. The molecular weight excluding hydrogens is 238 g/mol. The monoisotopic (exact) mass is 263 g/mol. The van der Waals surface area contributed by atoms with E-state index in [4.69, 9.17) is 5.73 Å². The summed E-state index contributed by atoms with van der Waals surface area (Å²) in [4.78, 5) is 10.7. The standard InChI is InChI=1S/C14H25N5/c1-11-9-12(18-13(15)17-11)16-10-14(19(2)3)7-5-4-6-8-14/h9H,4-8,10H2,1-3H3,(H3,15,16,17,18). The van der Waals surface area contributed by atoms with Gasteiger partial charge in [0.05, 0.1) is 0 Å². The van der Waals surface area contributed by atoms with Gasteiger partial charge in [0.15, 0.2) is 0 Å². The van der Waals surface area contributed by atoms with Gasteiger partial charge in [-0.2, -0.15) is 4.98 Å². The van der Waals surface area contributed by atoms with Gasteiger partial charge in [-0.3, -0.25) is 0 Å². The molecule has 1 saturated carbocycles. The molecular formula is C14H25N5. The summed E-state index contributed by atoms with van der Waals surface area (Å²) < 4.78 is 0. The molecule has 1 aromatic heterocycles. The quantitative estimate of drug-likeness (QED) is 0.870. The maximum atomic E-state index is 5.69. The summed E-state index contributed by atoms with van der Waals surface area (Å²) in [5.74, 6) is 1.17. The first-order valence-electron chi connectivity index (χ1n) is 7.04. The van der Waals surface area contributed by atoms with E-state index >= 15 is 0 Å². The highest BCUT2D eigenvalue weighted by Gasteiger charge is 2.33. The lowest BCUT2D eigenvalue weighted by Gasteiger charge is -2.43. The van der Waals surface area contributed by atoms with Crippen LogP contribution in [0.3, 0.4) is 0 Å². The SMILES string of the molecule is Cc1cc(NCC2(N(C)C)CCCCC2)nc(N)n1. The van der Waals surface area contributed by atoms with Crippen LogP contribution in [-0.2, 0) is 0 Å². The van der Waals surface area contributed by atoms with E-state index in [9.17, 15) is 0 Å². The molecule has 19 heavy (non-hydrogen) atoms. The molecule has 0 radical (unpaired) electrons. The fraction of sp³-hybridized carbons (Fsp3) is 0.714. The number of rotatable bonds is 4. The Hall–Kier alpha value is -1.36. The summed E-state index contributed by atoms with van der Waals surface area (Å²) in [7, 11) is 4.35. The molecule has 1 fully saturated rings. The van der Waals surface area contributed by atoms with Crippen molar-refractivity contribution in [2.45, 2.75) is 44.6 Å². The van der Waals surface area contributed by atoms with Crippen LogP contribution in [0, 0.1) is 6.92 Å². The molecule has 2 rings (SSSR count). The summed E-state index contributed by atoms with van der Waals surface area (Å²) in [5, 5.41) is 3.45. The first-order chi connectivity index (χ1) is 9.02. The zero-order valence-corrected chi connectivity index (χ0v) is 12.2. The number of aromatic nitrogens is 2. The number of likely N-dealkylation sites (N-methyl/N-ethyl adjacent to an activating group) is 1. The van der Waals surface area contributed by atoms with Crippen LogP contribution in [0.2, 0.25) is 0 Å². The Balaban J connectivity index is 2.06. The zero-order valence-electron chi connectivity index (χ0n) is 12.2. The van der Waals surface area contributed by atoms with Gasteiger partial charge < -0.3 is 16.0 Å². The minimum Gasteiger partial charge on any atom is -0.368 e. The molecule has 1 heterocycles. The van der Waals surface area contributed by atoms with E-state index in [1.165, 1.54) is 32.1 Å². The van der Waals surface area contributed by atoms with E-state index in [0.29, 0.717) is 5.95 Å². The fourth-order valence-corrected chi connectivity index (χ4v) is 2.93. The van der Waals surface area contributed by atoms with Crippen LogP contribution in [0.5, 0.6) is 0 Å². The molecule has 0 spiro atoms. The molecule has 5 heteroatoms. The van der Waals surface area contributed by atoms with Crippen molar-refractivity contribution in [2.24, 2.45) is 0 Å². The second kappa shape index (κ2) is 5.74. The Labute approximate surface area is 115 Å².